The van der Waals surface area contributed by atoms with Gasteiger partial charge in [-0.05, 0) is 19.1 Å². The van der Waals surface area contributed by atoms with Crippen molar-refractivity contribution in [2.24, 2.45) is 0 Å². The molecular formula is C14H10N2O4. The van der Waals surface area contributed by atoms with Crippen molar-refractivity contribution in [3.8, 4) is 0 Å². The quantitative estimate of drug-likeness (QED) is 0.449. The molecule has 0 atom stereocenters. The van der Waals surface area contributed by atoms with Crippen LogP contribution >= 0.6 is 0 Å². The first-order valence-electron chi connectivity index (χ1n) is 5.91. The number of ketones is 1. The fraction of sp³-hybridized carbons (Fsp3) is 0.0714. The maximum Gasteiger partial charge on any atom is 0.270 e. The number of non-ortho nitro benzene ring substituents is 1. The van der Waals surface area contributed by atoms with Gasteiger partial charge in [-0.25, -0.2) is 0 Å². The smallest absolute Gasteiger partial charge is 0.270 e. The fourth-order valence-electron chi connectivity index (χ4n) is 2.13. The standard InChI is InChI=1S/C14H10N2O4/c1-8-4-9(7-20-8)14(17)12-6-15-13-3-2-10(16(18)19)5-11(12)13/h2-7,15H,1H3. The van der Waals surface area contributed by atoms with Gasteiger partial charge in [0.05, 0.1) is 10.5 Å². The van der Waals surface area contributed by atoms with Crippen LogP contribution in [0.4, 0.5) is 5.69 Å². The zero-order valence-corrected chi connectivity index (χ0v) is 10.5. The Hall–Kier alpha value is -2.89. The third-order valence-corrected chi connectivity index (χ3v) is 3.11. The molecule has 100 valence electrons. The molecule has 0 bridgehead atoms. The number of nitro benzene ring substituents is 1. The van der Waals surface area contributed by atoms with Crippen molar-refractivity contribution in [1.82, 2.24) is 4.98 Å². The Bertz CT molecular complexity index is 829. The summed E-state index contributed by atoms with van der Waals surface area (Å²) in [5, 5.41) is 11.3. The molecule has 3 aromatic rings. The van der Waals surface area contributed by atoms with E-state index in [0.29, 0.717) is 27.8 Å². The summed E-state index contributed by atoms with van der Waals surface area (Å²) in [4.78, 5) is 25.6. The number of nitrogens with zero attached hydrogens (tertiary/aromatic N) is 1. The molecule has 0 aliphatic carbocycles. The van der Waals surface area contributed by atoms with Crippen LogP contribution < -0.4 is 0 Å². The van der Waals surface area contributed by atoms with Crippen molar-refractivity contribution >= 4 is 22.4 Å². The van der Waals surface area contributed by atoms with Gasteiger partial charge in [-0.1, -0.05) is 0 Å². The van der Waals surface area contributed by atoms with Crippen molar-refractivity contribution in [3.63, 3.8) is 0 Å². The second kappa shape index (κ2) is 4.34. The lowest BCUT2D eigenvalue weighted by Crippen LogP contribution is -1.98. The van der Waals surface area contributed by atoms with Crippen molar-refractivity contribution in [3.05, 3.63) is 63.7 Å². The molecule has 2 heterocycles. The summed E-state index contributed by atoms with van der Waals surface area (Å²) in [6.07, 6.45) is 2.94. The lowest BCUT2D eigenvalue weighted by atomic mass is 10.0. The van der Waals surface area contributed by atoms with Crippen molar-refractivity contribution in [2.75, 3.05) is 0 Å². The van der Waals surface area contributed by atoms with Gasteiger partial charge >= 0.3 is 0 Å². The maximum atomic E-state index is 12.4. The number of rotatable bonds is 3. The highest BCUT2D eigenvalue weighted by Gasteiger charge is 2.18. The number of carbonyl (C=O) groups excluding carboxylic acids is 1. The number of aromatic nitrogens is 1. The minimum Gasteiger partial charge on any atom is -0.469 e. The first-order valence-corrected chi connectivity index (χ1v) is 5.91. The molecule has 1 N–H and O–H groups in total. The predicted molar refractivity (Wildman–Crippen MR) is 71.8 cm³/mol. The van der Waals surface area contributed by atoms with Crippen LogP contribution in [0, 0.1) is 17.0 Å². The van der Waals surface area contributed by atoms with Gasteiger partial charge in [-0.15, -0.1) is 0 Å². The Kier molecular flexibility index (Phi) is 2.64. The van der Waals surface area contributed by atoms with Gasteiger partial charge in [-0.2, -0.15) is 0 Å². The Morgan fingerprint density at radius 2 is 2.15 bits per heavy atom. The van der Waals surface area contributed by atoms with Crippen LogP contribution in [0.2, 0.25) is 0 Å². The molecule has 3 rings (SSSR count). The van der Waals surface area contributed by atoms with Gasteiger partial charge in [0.25, 0.3) is 5.69 Å². The van der Waals surface area contributed by atoms with Crippen LogP contribution in [-0.4, -0.2) is 15.7 Å². The van der Waals surface area contributed by atoms with Crippen LogP contribution in [0.15, 0.2) is 41.1 Å². The third kappa shape index (κ3) is 1.87. The first kappa shape index (κ1) is 12.2. The molecule has 0 aliphatic heterocycles. The molecule has 0 amide bonds. The Morgan fingerprint density at radius 3 is 2.80 bits per heavy atom. The molecule has 0 saturated carbocycles. The minimum atomic E-state index is -0.483. The van der Waals surface area contributed by atoms with E-state index in [1.807, 2.05) is 0 Å². The van der Waals surface area contributed by atoms with Crippen LogP contribution in [0.3, 0.4) is 0 Å². The van der Waals surface area contributed by atoms with Crippen molar-refractivity contribution in [2.45, 2.75) is 6.92 Å². The molecule has 0 saturated heterocycles. The second-order valence-corrected chi connectivity index (χ2v) is 4.46. The number of benzene rings is 1. The van der Waals surface area contributed by atoms with E-state index in [1.54, 1.807) is 25.3 Å². The SMILES string of the molecule is Cc1cc(C(=O)c2c[nH]c3ccc([N+](=O)[O-])cc23)co1. The molecule has 0 radical (unpaired) electrons. The van der Waals surface area contributed by atoms with Crippen molar-refractivity contribution < 1.29 is 14.1 Å². The van der Waals surface area contributed by atoms with E-state index in [0.717, 1.165) is 0 Å². The molecule has 0 aliphatic rings. The number of hydrogen-bond acceptors (Lipinski definition) is 4. The van der Waals surface area contributed by atoms with E-state index < -0.39 is 4.92 Å². The molecule has 0 unspecified atom stereocenters. The molecule has 2 aromatic heterocycles. The highest BCUT2D eigenvalue weighted by atomic mass is 16.6. The van der Waals surface area contributed by atoms with Crippen LogP contribution in [0.5, 0.6) is 0 Å². The number of fused-ring (bicyclic) bond motifs is 1. The average Bonchev–Trinajstić information content (AvgIpc) is 3.03. The van der Waals surface area contributed by atoms with Gasteiger partial charge < -0.3 is 9.40 Å². The number of furan rings is 1. The van der Waals surface area contributed by atoms with E-state index in [9.17, 15) is 14.9 Å². The zero-order valence-electron chi connectivity index (χ0n) is 10.5. The number of hydrogen-bond donors (Lipinski definition) is 1. The summed E-state index contributed by atoms with van der Waals surface area (Å²) in [5.74, 6) is 0.410. The molecule has 20 heavy (non-hydrogen) atoms. The van der Waals surface area contributed by atoms with E-state index in [2.05, 4.69) is 4.98 Å². The predicted octanol–water partition coefficient (Wildman–Crippen LogP) is 3.21. The first-order chi connectivity index (χ1) is 9.56. The molecular weight excluding hydrogens is 260 g/mol. The lowest BCUT2D eigenvalue weighted by molar-refractivity contribution is -0.384. The lowest BCUT2D eigenvalue weighted by Gasteiger charge is -1.96. The summed E-state index contributed by atoms with van der Waals surface area (Å²) in [7, 11) is 0. The monoisotopic (exact) mass is 270 g/mol. The summed E-state index contributed by atoms with van der Waals surface area (Å²) in [6, 6.07) is 6.02. The molecule has 0 spiro atoms. The third-order valence-electron chi connectivity index (χ3n) is 3.11. The maximum absolute atomic E-state index is 12.4. The van der Waals surface area contributed by atoms with E-state index in [-0.39, 0.29) is 11.5 Å². The highest BCUT2D eigenvalue weighted by molar-refractivity contribution is 6.16. The van der Waals surface area contributed by atoms with Gasteiger partial charge in [0.15, 0.2) is 5.78 Å². The molecule has 1 aromatic carbocycles. The van der Waals surface area contributed by atoms with E-state index in [1.165, 1.54) is 18.4 Å². The normalized spacial score (nSPS) is 10.8. The molecule has 6 nitrogen and oxygen atoms in total. The highest BCUT2D eigenvalue weighted by Crippen LogP contribution is 2.25. The summed E-state index contributed by atoms with van der Waals surface area (Å²) >= 11 is 0. The number of aryl methyl sites for hydroxylation is 1. The zero-order chi connectivity index (χ0) is 14.3. The molecule has 6 heteroatoms. The van der Waals surface area contributed by atoms with Crippen LogP contribution in [0.1, 0.15) is 21.7 Å². The van der Waals surface area contributed by atoms with Crippen LogP contribution in [-0.2, 0) is 0 Å². The van der Waals surface area contributed by atoms with Gasteiger partial charge in [0, 0.05) is 34.8 Å². The summed E-state index contributed by atoms with van der Waals surface area (Å²) in [6.45, 7) is 1.75. The Labute approximate surface area is 113 Å². The minimum absolute atomic E-state index is 0.0467. The molecule has 0 fully saturated rings. The fourth-order valence-corrected chi connectivity index (χ4v) is 2.13. The second-order valence-electron chi connectivity index (χ2n) is 4.46. The number of aromatic amines is 1. The number of H-pyrrole nitrogens is 1. The Balaban J connectivity index is 2.14. The van der Waals surface area contributed by atoms with Crippen molar-refractivity contribution in [1.29, 1.82) is 0 Å². The van der Waals surface area contributed by atoms with E-state index in [4.69, 9.17) is 4.42 Å². The topological polar surface area (TPSA) is 89.1 Å². The summed E-state index contributed by atoms with van der Waals surface area (Å²) in [5.41, 5.74) is 1.45. The largest absolute Gasteiger partial charge is 0.469 e. The number of carbonyl (C=O) groups is 1. The summed E-state index contributed by atoms with van der Waals surface area (Å²) < 4.78 is 5.12. The van der Waals surface area contributed by atoms with Gasteiger partial charge in [-0.3, -0.25) is 14.9 Å². The number of nitrogens with one attached hydrogen (secondary N) is 1. The number of nitro groups is 1. The average molecular weight is 270 g/mol. The van der Waals surface area contributed by atoms with E-state index >= 15 is 0 Å². The van der Waals surface area contributed by atoms with Gasteiger partial charge in [0.2, 0.25) is 0 Å². The van der Waals surface area contributed by atoms with Gasteiger partial charge in [0.1, 0.15) is 12.0 Å². The van der Waals surface area contributed by atoms with Crippen LogP contribution in [0.25, 0.3) is 10.9 Å². The Morgan fingerprint density at radius 1 is 1.35 bits per heavy atom.